The summed E-state index contributed by atoms with van der Waals surface area (Å²) in [4.78, 5) is 11.6. The quantitative estimate of drug-likeness (QED) is 0.793. The highest BCUT2D eigenvalue weighted by Crippen LogP contribution is 2.28. The minimum atomic E-state index is -1.23. The SMILES string of the molecule is CC(C)OCCC(CN)(C(=O)O)c1ccc(F)cc1. The molecule has 0 aromatic heterocycles. The van der Waals surface area contributed by atoms with E-state index in [1.807, 2.05) is 13.8 Å². The van der Waals surface area contributed by atoms with E-state index in [4.69, 9.17) is 10.5 Å². The zero-order chi connectivity index (χ0) is 14.5. The molecule has 1 rings (SSSR count). The van der Waals surface area contributed by atoms with Gasteiger partial charge in [-0.25, -0.2) is 4.39 Å². The number of halogens is 1. The molecule has 1 unspecified atom stereocenters. The summed E-state index contributed by atoms with van der Waals surface area (Å²) in [6, 6.07) is 5.41. The van der Waals surface area contributed by atoms with Crippen LogP contribution in [0, 0.1) is 5.82 Å². The first-order chi connectivity index (χ1) is 8.92. The second-order valence-electron chi connectivity index (χ2n) is 4.77. The van der Waals surface area contributed by atoms with E-state index >= 15 is 0 Å². The van der Waals surface area contributed by atoms with Gasteiger partial charge in [0, 0.05) is 13.2 Å². The van der Waals surface area contributed by atoms with Crippen LogP contribution in [0.4, 0.5) is 4.39 Å². The number of benzene rings is 1. The lowest BCUT2D eigenvalue weighted by Gasteiger charge is -2.28. The minimum absolute atomic E-state index is 0.0255. The van der Waals surface area contributed by atoms with Crippen molar-refractivity contribution in [2.45, 2.75) is 31.8 Å². The van der Waals surface area contributed by atoms with Gasteiger partial charge in [-0.1, -0.05) is 12.1 Å². The van der Waals surface area contributed by atoms with Crippen LogP contribution in [0.3, 0.4) is 0 Å². The maximum Gasteiger partial charge on any atom is 0.315 e. The Morgan fingerprint density at radius 3 is 2.42 bits per heavy atom. The molecule has 0 radical (unpaired) electrons. The Labute approximate surface area is 112 Å². The van der Waals surface area contributed by atoms with Crippen LogP contribution in [-0.2, 0) is 14.9 Å². The third-order valence-corrected chi connectivity index (χ3v) is 3.13. The van der Waals surface area contributed by atoms with Crippen LogP contribution in [0.2, 0.25) is 0 Å². The summed E-state index contributed by atoms with van der Waals surface area (Å²) in [6.07, 6.45) is 0.278. The van der Waals surface area contributed by atoms with Crippen molar-refractivity contribution in [3.05, 3.63) is 35.6 Å². The summed E-state index contributed by atoms with van der Waals surface area (Å²) in [5, 5.41) is 9.48. The van der Waals surface area contributed by atoms with Gasteiger partial charge in [0.15, 0.2) is 0 Å². The lowest BCUT2D eigenvalue weighted by atomic mass is 9.78. The topological polar surface area (TPSA) is 72.5 Å². The van der Waals surface area contributed by atoms with E-state index in [1.165, 1.54) is 24.3 Å². The number of carboxylic acids is 1. The molecule has 0 amide bonds. The van der Waals surface area contributed by atoms with E-state index in [0.717, 1.165) is 0 Å². The van der Waals surface area contributed by atoms with Crippen molar-refractivity contribution in [2.24, 2.45) is 5.73 Å². The molecule has 4 nitrogen and oxygen atoms in total. The molecule has 0 fully saturated rings. The van der Waals surface area contributed by atoms with Gasteiger partial charge in [-0.2, -0.15) is 0 Å². The lowest BCUT2D eigenvalue weighted by molar-refractivity contribution is -0.144. The monoisotopic (exact) mass is 269 g/mol. The molecule has 0 saturated heterocycles. The van der Waals surface area contributed by atoms with Gasteiger partial charge in [0.25, 0.3) is 0 Å². The average Bonchev–Trinajstić information content (AvgIpc) is 2.35. The molecule has 0 saturated carbocycles. The molecule has 106 valence electrons. The average molecular weight is 269 g/mol. The highest BCUT2D eigenvalue weighted by Gasteiger charge is 2.38. The third kappa shape index (κ3) is 3.75. The molecular formula is C14H20FNO3. The van der Waals surface area contributed by atoms with Gasteiger partial charge >= 0.3 is 5.97 Å². The van der Waals surface area contributed by atoms with E-state index in [1.54, 1.807) is 0 Å². The molecule has 19 heavy (non-hydrogen) atoms. The van der Waals surface area contributed by atoms with E-state index in [-0.39, 0.29) is 19.1 Å². The Balaban J connectivity index is 2.98. The van der Waals surface area contributed by atoms with Crippen LogP contribution in [0.5, 0.6) is 0 Å². The fourth-order valence-corrected chi connectivity index (χ4v) is 1.92. The molecule has 0 aliphatic heterocycles. The van der Waals surface area contributed by atoms with E-state index in [9.17, 15) is 14.3 Å². The Morgan fingerprint density at radius 2 is 2.00 bits per heavy atom. The molecule has 0 spiro atoms. The largest absolute Gasteiger partial charge is 0.481 e. The fourth-order valence-electron chi connectivity index (χ4n) is 1.92. The van der Waals surface area contributed by atoms with Crippen molar-refractivity contribution in [2.75, 3.05) is 13.2 Å². The number of nitrogens with two attached hydrogens (primary N) is 1. The van der Waals surface area contributed by atoms with Crippen LogP contribution in [0.15, 0.2) is 24.3 Å². The summed E-state index contributed by atoms with van der Waals surface area (Å²) in [7, 11) is 0. The summed E-state index contributed by atoms with van der Waals surface area (Å²) in [5.41, 5.74) is 4.93. The second-order valence-corrected chi connectivity index (χ2v) is 4.77. The van der Waals surface area contributed by atoms with Gasteiger partial charge in [0.05, 0.1) is 6.10 Å². The first kappa shape index (κ1) is 15.6. The summed E-state index contributed by atoms with van der Waals surface area (Å²) in [5.74, 6) is -1.42. The second kappa shape index (κ2) is 6.63. The van der Waals surface area contributed by atoms with Gasteiger partial charge in [0.1, 0.15) is 11.2 Å². The molecule has 0 heterocycles. The van der Waals surface area contributed by atoms with Crippen molar-refractivity contribution in [3.63, 3.8) is 0 Å². The van der Waals surface area contributed by atoms with Crippen molar-refractivity contribution < 1.29 is 19.0 Å². The minimum Gasteiger partial charge on any atom is -0.481 e. The Morgan fingerprint density at radius 1 is 1.42 bits per heavy atom. The molecule has 1 atom stereocenters. The number of ether oxygens (including phenoxy) is 1. The standard InChI is InChI=1S/C14H20FNO3/c1-10(2)19-8-7-14(9-16,13(17)18)11-3-5-12(15)6-4-11/h3-6,10H,7-9,16H2,1-2H3,(H,17,18). The molecule has 0 bridgehead atoms. The molecule has 0 aliphatic rings. The maximum atomic E-state index is 12.9. The number of hydrogen-bond acceptors (Lipinski definition) is 3. The first-order valence-electron chi connectivity index (χ1n) is 6.23. The number of hydrogen-bond donors (Lipinski definition) is 2. The van der Waals surface area contributed by atoms with Crippen LogP contribution < -0.4 is 5.73 Å². The van der Waals surface area contributed by atoms with E-state index < -0.39 is 17.2 Å². The van der Waals surface area contributed by atoms with Crippen molar-refractivity contribution >= 4 is 5.97 Å². The van der Waals surface area contributed by atoms with Crippen LogP contribution in [0.1, 0.15) is 25.8 Å². The molecule has 3 N–H and O–H groups in total. The lowest BCUT2D eigenvalue weighted by Crippen LogP contribution is -2.44. The zero-order valence-electron chi connectivity index (χ0n) is 11.2. The molecular weight excluding hydrogens is 249 g/mol. The number of aliphatic carboxylic acids is 1. The normalized spacial score (nSPS) is 14.4. The number of rotatable bonds is 7. The highest BCUT2D eigenvalue weighted by molar-refractivity contribution is 5.81. The van der Waals surface area contributed by atoms with Crippen LogP contribution >= 0.6 is 0 Å². The van der Waals surface area contributed by atoms with Crippen LogP contribution in [0.25, 0.3) is 0 Å². The summed E-state index contributed by atoms with van der Waals surface area (Å²) in [6.45, 7) is 3.99. The van der Waals surface area contributed by atoms with Gasteiger partial charge in [0.2, 0.25) is 0 Å². The Bertz CT molecular complexity index is 419. The predicted octanol–water partition coefficient (Wildman–Crippen LogP) is 1.92. The molecule has 1 aromatic carbocycles. The Hall–Kier alpha value is -1.46. The fraction of sp³-hybridized carbons (Fsp3) is 0.500. The molecule has 5 heteroatoms. The van der Waals surface area contributed by atoms with E-state index in [0.29, 0.717) is 12.2 Å². The first-order valence-corrected chi connectivity index (χ1v) is 6.23. The van der Waals surface area contributed by atoms with Gasteiger partial charge in [-0.3, -0.25) is 4.79 Å². The highest BCUT2D eigenvalue weighted by atomic mass is 19.1. The van der Waals surface area contributed by atoms with Crippen molar-refractivity contribution in [3.8, 4) is 0 Å². The Kier molecular flexibility index (Phi) is 5.44. The smallest absolute Gasteiger partial charge is 0.315 e. The number of carboxylic acid groups (broad SMARTS) is 1. The van der Waals surface area contributed by atoms with Crippen molar-refractivity contribution in [1.29, 1.82) is 0 Å². The molecule has 0 aliphatic carbocycles. The van der Waals surface area contributed by atoms with Crippen LogP contribution in [-0.4, -0.2) is 30.3 Å². The van der Waals surface area contributed by atoms with Gasteiger partial charge in [-0.05, 0) is 38.0 Å². The third-order valence-electron chi connectivity index (χ3n) is 3.13. The van der Waals surface area contributed by atoms with Crippen molar-refractivity contribution in [1.82, 2.24) is 0 Å². The maximum absolute atomic E-state index is 12.9. The summed E-state index contributed by atoms with van der Waals surface area (Å²) < 4.78 is 18.3. The summed E-state index contributed by atoms with van der Waals surface area (Å²) >= 11 is 0. The van der Waals surface area contributed by atoms with Gasteiger partial charge < -0.3 is 15.6 Å². The molecule has 1 aromatic rings. The predicted molar refractivity (Wildman–Crippen MR) is 70.5 cm³/mol. The van der Waals surface area contributed by atoms with Gasteiger partial charge in [-0.15, -0.1) is 0 Å². The number of carbonyl (C=O) groups is 1. The van der Waals surface area contributed by atoms with E-state index in [2.05, 4.69) is 0 Å². The zero-order valence-corrected chi connectivity index (χ0v) is 11.2.